The van der Waals surface area contributed by atoms with Gasteiger partial charge in [0.1, 0.15) is 5.52 Å². The van der Waals surface area contributed by atoms with E-state index in [-0.39, 0.29) is 11.9 Å². The maximum atomic E-state index is 12.6. The predicted molar refractivity (Wildman–Crippen MR) is 102 cm³/mol. The third kappa shape index (κ3) is 2.85. The fourth-order valence-electron chi connectivity index (χ4n) is 3.17. The van der Waals surface area contributed by atoms with Crippen LogP contribution in [0.4, 0.5) is 5.69 Å². The molecule has 1 amide bonds. The average molecular weight is 361 g/mol. The van der Waals surface area contributed by atoms with Gasteiger partial charge in [-0.3, -0.25) is 4.79 Å². The van der Waals surface area contributed by atoms with Crippen molar-refractivity contribution in [2.45, 2.75) is 38.6 Å². The summed E-state index contributed by atoms with van der Waals surface area (Å²) in [5, 5.41) is 8.09. The normalized spacial score (nSPS) is 14.3. The van der Waals surface area contributed by atoms with Crippen molar-refractivity contribution in [2.24, 2.45) is 0 Å². The maximum Gasteiger partial charge on any atom is 0.257 e. The van der Waals surface area contributed by atoms with E-state index in [9.17, 15) is 4.79 Å². The number of pyridine rings is 1. The van der Waals surface area contributed by atoms with E-state index in [0.717, 1.165) is 40.9 Å². The molecule has 4 aromatic rings. The van der Waals surface area contributed by atoms with Gasteiger partial charge in [-0.05, 0) is 51.0 Å². The molecule has 0 bridgehead atoms. The summed E-state index contributed by atoms with van der Waals surface area (Å²) in [6.07, 6.45) is 5.59. The quantitative estimate of drug-likeness (QED) is 0.586. The molecule has 3 heterocycles. The molecule has 0 atom stereocenters. The van der Waals surface area contributed by atoms with Crippen molar-refractivity contribution in [1.29, 1.82) is 0 Å². The number of carbonyl (C=O) groups is 1. The zero-order chi connectivity index (χ0) is 18.5. The number of aromatic nitrogens is 4. The van der Waals surface area contributed by atoms with Gasteiger partial charge in [-0.15, -0.1) is 0 Å². The Bertz CT molecular complexity index is 1170. The summed E-state index contributed by atoms with van der Waals surface area (Å²) in [6.45, 7) is 4.09. The average Bonchev–Trinajstić information content (AvgIpc) is 3.27. The number of hydrogen-bond donors (Lipinski definition) is 1. The lowest BCUT2D eigenvalue weighted by atomic mass is 10.2. The lowest BCUT2D eigenvalue weighted by Gasteiger charge is -2.07. The zero-order valence-electron chi connectivity index (χ0n) is 15.1. The Hall–Kier alpha value is -3.22. The van der Waals surface area contributed by atoms with Crippen molar-refractivity contribution >= 4 is 33.7 Å². The number of nitrogens with zero attached hydrogens (tertiary/aromatic N) is 4. The van der Waals surface area contributed by atoms with Gasteiger partial charge in [0, 0.05) is 29.2 Å². The summed E-state index contributed by atoms with van der Waals surface area (Å²) in [6, 6.07) is 7.53. The first-order valence-corrected chi connectivity index (χ1v) is 9.13. The van der Waals surface area contributed by atoms with E-state index < -0.39 is 0 Å². The summed E-state index contributed by atoms with van der Waals surface area (Å²) in [5.74, 6) is 1.04. The number of nitrogens with one attached hydrogen (secondary N) is 1. The summed E-state index contributed by atoms with van der Waals surface area (Å²) >= 11 is 0. The Labute approximate surface area is 155 Å². The number of fused-ring (bicyclic) bond motifs is 2. The molecule has 0 radical (unpaired) electrons. The van der Waals surface area contributed by atoms with Crippen LogP contribution >= 0.6 is 0 Å². The first-order valence-electron chi connectivity index (χ1n) is 9.13. The van der Waals surface area contributed by atoms with Crippen LogP contribution in [-0.2, 0) is 0 Å². The number of hydrogen-bond acceptors (Lipinski definition) is 5. The summed E-state index contributed by atoms with van der Waals surface area (Å²) < 4.78 is 7.60. The molecule has 1 aromatic carbocycles. The fourth-order valence-corrected chi connectivity index (χ4v) is 3.17. The van der Waals surface area contributed by atoms with Gasteiger partial charge in [0.05, 0.1) is 11.8 Å². The van der Waals surface area contributed by atoms with Gasteiger partial charge in [-0.2, -0.15) is 5.10 Å². The second-order valence-electron chi connectivity index (χ2n) is 7.28. The van der Waals surface area contributed by atoms with Gasteiger partial charge in [-0.25, -0.2) is 14.6 Å². The first kappa shape index (κ1) is 16.0. The largest absolute Gasteiger partial charge is 0.440 e. The molecule has 1 aliphatic carbocycles. The molecule has 1 fully saturated rings. The molecule has 0 saturated heterocycles. The Morgan fingerprint density at radius 2 is 2.11 bits per heavy atom. The highest BCUT2D eigenvalue weighted by molar-refractivity contribution is 6.06. The molecule has 0 spiro atoms. The monoisotopic (exact) mass is 361 g/mol. The Kier molecular flexibility index (Phi) is 3.50. The van der Waals surface area contributed by atoms with Crippen LogP contribution in [0.15, 0.2) is 41.1 Å². The summed E-state index contributed by atoms with van der Waals surface area (Å²) in [4.78, 5) is 21.6. The first-order chi connectivity index (χ1) is 13.1. The van der Waals surface area contributed by atoms with E-state index in [4.69, 9.17) is 4.42 Å². The highest BCUT2D eigenvalue weighted by atomic mass is 16.3. The topological polar surface area (TPSA) is 85.8 Å². The van der Waals surface area contributed by atoms with Gasteiger partial charge >= 0.3 is 0 Å². The molecule has 0 unspecified atom stereocenters. The van der Waals surface area contributed by atoms with E-state index in [2.05, 4.69) is 20.4 Å². The second-order valence-corrected chi connectivity index (χ2v) is 7.28. The van der Waals surface area contributed by atoms with Crippen molar-refractivity contribution in [3.8, 4) is 0 Å². The molecule has 7 heteroatoms. The molecular formula is C20H19N5O2. The van der Waals surface area contributed by atoms with Gasteiger partial charge < -0.3 is 9.73 Å². The number of amides is 1. The van der Waals surface area contributed by atoms with Crippen molar-refractivity contribution < 1.29 is 9.21 Å². The van der Waals surface area contributed by atoms with E-state index in [0.29, 0.717) is 17.2 Å². The number of anilines is 1. The molecule has 136 valence electrons. The molecule has 1 saturated carbocycles. The van der Waals surface area contributed by atoms with Gasteiger partial charge in [-0.1, -0.05) is 0 Å². The molecule has 0 aliphatic heterocycles. The number of benzene rings is 1. The van der Waals surface area contributed by atoms with Gasteiger partial charge in [0.15, 0.2) is 17.1 Å². The highest BCUT2D eigenvalue weighted by Gasteiger charge is 2.28. The van der Waals surface area contributed by atoms with Crippen LogP contribution in [0.3, 0.4) is 0 Å². The number of carbonyl (C=O) groups excluding carboxylic acids is 1. The maximum absolute atomic E-state index is 12.6. The second kappa shape index (κ2) is 5.90. The number of oxazole rings is 1. The van der Waals surface area contributed by atoms with E-state index in [1.807, 2.05) is 42.8 Å². The standard InChI is InChI=1S/C20H19N5O2/c1-11(2)25-18-13(10-22-25)7-14(9-21-18)19(26)23-15-5-6-17-16(8-15)24-20(27-17)12-3-4-12/h5-12H,3-4H2,1-2H3,(H,23,26). The lowest BCUT2D eigenvalue weighted by Crippen LogP contribution is -2.12. The van der Waals surface area contributed by atoms with Crippen molar-refractivity contribution in [1.82, 2.24) is 19.7 Å². The fraction of sp³-hybridized carbons (Fsp3) is 0.300. The molecule has 1 N–H and O–H groups in total. The van der Waals surface area contributed by atoms with Crippen LogP contribution in [0, 0.1) is 0 Å². The highest BCUT2D eigenvalue weighted by Crippen LogP contribution is 2.40. The van der Waals surface area contributed by atoms with Crippen LogP contribution in [0.5, 0.6) is 0 Å². The third-order valence-electron chi connectivity index (χ3n) is 4.77. The molecule has 5 rings (SSSR count). The van der Waals surface area contributed by atoms with Crippen molar-refractivity contribution in [2.75, 3.05) is 5.32 Å². The van der Waals surface area contributed by atoms with Gasteiger partial charge in [0.2, 0.25) is 0 Å². The van der Waals surface area contributed by atoms with Gasteiger partial charge in [0.25, 0.3) is 5.91 Å². The molecular weight excluding hydrogens is 342 g/mol. The minimum atomic E-state index is -0.216. The molecule has 3 aromatic heterocycles. The van der Waals surface area contributed by atoms with Crippen LogP contribution in [0.2, 0.25) is 0 Å². The minimum absolute atomic E-state index is 0.212. The van der Waals surface area contributed by atoms with Crippen LogP contribution in [-0.4, -0.2) is 25.7 Å². The molecule has 27 heavy (non-hydrogen) atoms. The van der Waals surface area contributed by atoms with E-state index >= 15 is 0 Å². The third-order valence-corrected chi connectivity index (χ3v) is 4.77. The summed E-state index contributed by atoms with van der Waals surface area (Å²) in [5.41, 5.74) is 3.46. The molecule has 7 nitrogen and oxygen atoms in total. The van der Waals surface area contributed by atoms with E-state index in [1.165, 1.54) is 0 Å². The number of rotatable bonds is 4. The lowest BCUT2D eigenvalue weighted by molar-refractivity contribution is 0.102. The SMILES string of the molecule is CC(C)n1ncc2cc(C(=O)Nc3ccc4oc(C5CC5)nc4c3)cnc21. The van der Waals surface area contributed by atoms with Crippen LogP contribution in [0.25, 0.3) is 22.1 Å². The Morgan fingerprint density at radius 1 is 1.26 bits per heavy atom. The smallest absolute Gasteiger partial charge is 0.257 e. The Morgan fingerprint density at radius 3 is 2.89 bits per heavy atom. The summed E-state index contributed by atoms with van der Waals surface area (Å²) in [7, 11) is 0. The predicted octanol–water partition coefficient (Wildman–Crippen LogP) is 4.28. The van der Waals surface area contributed by atoms with Crippen molar-refractivity contribution in [3.63, 3.8) is 0 Å². The van der Waals surface area contributed by atoms with Crippen LogP contribution in [0.1, 0.15) is 54.9 Å². The van der Waals surface area contributed by atoms with Crippen molar-refractivity contribution in [3.05, 3.63) is 48.1 Å². The van der Waals surface area contributed by atoms with Crippen LogP contribution < -0.4 is 5.32 Å². The molecule has 1 aliphatic rings. The Balaban J connectivity index is 1.40. The van der Waals surface area contributed by atoms with E-state index in [1.54, 1.807) is 12.4 Å². The zero-order valence-corrected chi connectivity index (χ0v) is 15.1. The minimum Gasteiger partial charge on any atom is -0.440 e.